The number of ether oxygens (including phenoxy) is 2. The van der Waals surface area contributed by atoms with Crippen molar-refractivity contribution in [2.45, 2.75) is 6.61 Å². The highest BCUT2D eigenvalue weighted by Crippen LogP contribution is 2.28. The first-order chi connectivity index (χ1) is 10.5. The molecule has 0 aliphatic carbocycles. The van der Waals surface area contributed by atoms with Crippen LogP contribution in [0.4, 0.5) is 11.9 Å². The molecule has 1 aromatic heterocycles. The molecule has 0 fully saturated rings. The van der Waals surface area contributed by atoms with Gasteiger partial charge in [-0.25, -0.2) is 0 Å². The van der Waals surface area contributed by atoms with Crippen LogP contribution in [0.15, 0.2) is 18.2 Å². The van der Waals surface area contributed by atoms with Crippen molar-refractivity contribution < 1.29 is 9.47 Å². The Balaban J connectivity index is 2.18. The summed E-state index contributed by atoms with van der Waals surface area (Å²) in [5.41, 5.74) is 6.14. The van der Waals surface area contributed by atoms with E-state index in [-0.39, 0.29) is 12.6 Å². The molecule has 0 spiro atoms. The Bertz CT molecular complexity index is 711. The number of rotatable bonds is 5. The third-order valence-electron chi connectivity index (χ3n) is 2.74. The molecule has 0 aliphatic rings. The Labute approximate surface area is 128 Å². The van der Waals surface area contributed by atoms with Gasteiger partial charge >= 0.3 is 0 Å². The van der Waals surface area contributed by atoms with Crippen molar-refractivity contribution in [2.75, 3.05) is 31.8 Å². The van der Waals surface area contributed by atoms with Crippen LogP contribution in [0, 0.1) is 11.3 Å². The summed E-state index contributed by atoms with van der Waals surface area (Å²) in [7, 11) is 5.13. The van der Waals surface area contributed by atoms with Crippen molar-refractivity contribution >= 4 is 11.9 Å². The predicted octanol–water partition coefficient (Wildman–Crippen LogP) is 0.979. The normalized spacial score (nSPS) is 9.91. The number of benzene rings is 1. The summed E-state index contributed by atoms with van der Waals surface area (Å²) in [4.78, 5) is 14.0. The van der Waals surface area contributed by atoms with Crippen molar-refractivity contribution in [1.82, 2.24) is 15.0 Å². The molecule has 2 N–H and O–H groups in total. The molecule has 0 amide bonds. The number of aromatic nitrogens is 3. The van der Waals surface area contributed by atoms with E-state index in [1.807, 2.05) is 20.2 Å². The highest BCUT2D eigenvalue weighted by molar-refractivity contribution is 5.46. The predicted molar refractivity (Wildman–Crippen MR) is 80.6 cm³/mol. The molecule has 2 aromatic rings. The van der Waals surface area contributed by atoms with E-state index in [9.17, 15) is 0 Å². The smallest absolute Gasteiger partial charge is 0.230 e. The molecular weight excluding hydrogens is 284 g/mol. The Morgan fingerprint density at radius 2 is 2.00 bits per heavy atom. The zero-order valence-corrected chi connectivity index (χ0v) is 12.6. The highest BCUT2D eigenvalue weighted by atomic mass is 16.5. The molecule has 1 heterocycles. The average Bonchev–Trinajstić information content (AvgIpc) is 2.52. The first-order valence-corrected chi connectivity index (χ1v) is 6.42. The van der Waals surface area contributed by atoms with Gasteiger partial charge in [-0.15, -0.1) is 0 Å². The molecule has 0 atom stereocenters. The van der Waals surface area contributed by atoms with E-state index in [1.54, 1.807) is 23.1 Å². The second-order valence-electron chi connectivity index (χ2n) is 4.57. The first kappa shape index (κ1) is 15.3. The molecule has 1 aromatic carbocycles. The Hall–Kier alpha value is -3.08. The number of nitrogens with two attached hydrogens (primary N) is 1. The van der Waals surface area contributed by atoms with Crippen LogP contribution in [0.1, 0.15) is 11.4 Å². The lowest BCUT2D eigenvalue weighted by Crippen LogP contribution is -2.17. The van der Waals surface area contributed by atoms with Crippen LogP contribution in [-0.2, 0) is 6.61 Å². The van der Waals surface area contributed by atoms with E-state index >= 15 is 0 Å². The third-order valence-corrected chi connectivity index (χ3v) is 2.74. The Kier molecular flexibility index (Phi) is 4.58. The van der Waals surface area contributed by atoms with Crippen molar-refractivity contribution in [3.63, 3.8) is 0 Å². The summed E-state index contributed by atoms with van der Waals surface area (Å²) in [5.74, 6) is 1.95. The minimum atomic E-state index is 0.107. The van der Waals surface area contributed by atoms with Crippen molar-refractivity contribution in [3.05, 3.63) is 29.6 Å². The fourth-order valence-corrected chi connectivity index (χ4v) is 1.69. The van der Waals surface area contributed by atoms with Crippen molar-refractivity contribution in [3.8, 4) is 17.6 Å². The molecule has 114 valence electrons. The molecule has 0 saturated heterocycles. The summed E-state index contributed by atoms with van der Waals surface area (Å²) in [6.45, 7) is 0.107. The maximum Gasteiger partial charge on any atom is 0.230 e. The quantitative estimate of drug-likeness (QED) is 0.870. The highest BCUT2D eigenvalue weighted by Gasteiger charge is 2.10. The van der Waals surface area contributed by atoms with Gasteiger partial charge in [0.1, 0.15) is 6.61 Å². The van der Waals surface area contributed by atoms with Gasteiger partial charge in [0.2, 0.25) is 11.9 Å². The van der Waals surface area contributed by atoms with E-state index in [1.165, 1.54) is 7.11 Å². The molecule has 22 heavy (non-hydrogen) atoms. The van der Waals surface area contributed by atoms with E-state index in [0.29, 0.717) is 28.8 Å². The number of hydrogen-bond acceptors (Lipinski definition) is 8. The van der Waals surface area contributed by atoms with Gasteiger partial charge < -0.3 is 20.1 Å². The van der Waals surface area contributed by atoms with E-state index in [2.05, 4.69) is 15.0 Å². The SMILES string of the molecule is COc1cc(C#N)ccc1OCc1nc(N)nc(N(C)C)n1. The minimum Gasteiger partial charge on any atom is -0.493 e. The summed E-state index contributed by atoms with van der Waals surface area (Å²) < 4.78 is 10.8. The zero-order valence-electron chi connectivity index (χ0n) is 12.6. The third kappa shape index (κ3) is 3.52. The fraction of sp³-hybridized carbons (Fsp3) is 0.286. The topological polar surface area (TPSA) is 110 Å². The van der Waals surface area contributed by atoms with Gasteiger partial charge in [-0.05, 0) is 12.1 Å². The molecule has 2 rings (SSSR count). The zero-order chi connectivity index (χ0) is 16.1. The summed E-state index contributed by atoms with van der Waals surface area (Å²) >= 11 is 0. The Morgan fingerprint density at radius 3 is 2.64 bits per heavy atom. The van der Waals surface area contributed by atoms with E-state index in [4.69, 9.17) is 20.5 Å². The second kappa shape index (κ2) is 6.58. The number of nitrogens with zero attached hydrogens (tertiary/aromatic N) is 5. The molecule has 0 saturated carbocycles. The molecule has 8 nitrogen and oxygen atoms in total. The monoisotopic (exact) mass is 300 g/mol. The van der Waals surface area contributed by atoms with Gasteiger partial charge in [-0.3, -0.25) is 0 Å². The van der Waals surface area contributed by atoms with Crippen LogP contribution in [0.3, 0.4) is 0 Å². The lowest BCUT2D eigenvalue weighted by atomic mass is 10.2. The molecule has 0 unspecified atom stereocenters. The summed E-state index contributed by atoms with van der Waals surface area (Å²) in [6, 6.07) is 6.94. The second-order valence-corrected chi connectivity index (χ2v) is 4.57. The number of methoxy groups -OCH3 is 1. The maximum absolute atomic E-state index is 8.88. The summed E-state index contributed by atoms with van der Waals surface area (Å²) in [5, 5.41) is 8.88. The first-order valence-electron chi connectivity index (χ1n) is 6.42. The average molecular weight is 300 g/mol. The molecule has 0 radical (unpaired) electrons. The number of anilines is 2. The number of nitrogen functional groups attached to an aromatic ring is 1. The van der Waals surface area contributed by atoms with Crippen molar-refractivity contribution in [2.24, 2.45) is 0 Å². The summed E-state index contributed by atoms with van der Waals surface area (Å²) in [6.07, 6.45) is 0. The molecule has 8 heteroatoms. The Morgan fingerprint density at radius 1 is 1.23 bits per heavy atom. The van der Waals surface area contributed by atoms with Gasteiger partial charge in [0, 0.05) is 20.2 Å². The van der Waals surface area contributed by atoms with Crippen LogP contribution >= 0.6 is 0 Å². The number of hydrogen-bond donors (Lipinski definition) is 1. The molecular formula is C14H16N6O2. The van der Waals surface area contributed by atoms with Gasteiger partial charge in [0.25, 0.3) is 0 Å². The van der Waals surface area contributed by atoms with Crippen LogP contribution < -0.4 is 20.1 Å². The van der Waals surface area contributed by atoms with Crippen molar-refractivity contribution in [1.29, 1.82) is 5.26 Å². The van der Waals surface area contributed by atoms with Gasteiger partial charge in [-0.2, -0.15) is 20.2 Å². The van der Waals surface area contributed by atoms with Gasteiger partial charge in [0.05, 0.1) is 18.7 Å². The maximum atomic E-state index is 8.88. The van der Waals surface area contributed by atoms with Crippen LogP contribution in [-0.4, -0.2) is 36.2 Å². The largest absolute Gasteiger partial charge is 0.493 e. The molecule has 0 aliphatic heterocycles. The molecule has 0 bridgehead atoms. The van der Waals surface area contributed by atoms with Gasteiger partial charge in [0.15, 0.2) is 17.3 Å². The lowest BCUT2D eigenvalue weighted by Gasteiger charge is -2.13. The van der Waals surface area contributed by atoms with E-state index in [0.717, 1.165) is 0 Å². The van der Waals surface area contributed by atoms with E-state index < -0.39 is 0 Å². The van der Waals surface area contributed by atoms with Crippen LogP contribution in [0.2, 0.25) is 0 Å². The van der Waals surface area contributed by atoms with Crippen LogP contribution in [0.25, 0.3) is 0 Å². The fourth-order valence-electron chi connectivity index (χ4n) is 1.69. The minimum absolute atomic E-state index is 0.107. The number of nitriles is 1. The van der Waals surface area contributed by atoms with Gasteiger partial charge in [-0.1, -0.05) is 0 Å². The standard InChI is InChI=1S/C14H16N6O2/c1-20(2)14-18-12(17-13(16)19-14)8-22-10-5-4-9(7-15)6-11(10)21-3/h4-6H,8H2,1-3H3,(H2,16,17,18,19). The lowest BCUT2D eigenvalue weighted by molar-refractivity contribution is 0.276. The van der Waals surface area contributed by atoms with Crippen LogP contribution in [0.5, 0.6) is 11.5 Å².